The van der Waals surface area contributed by atoms with E-state index in [4.69, 9.17) is 4.74 Å². The molecule has 1 heterocycles. The normalized spacial score (nSPS) is 15.0. The quantitative estimate of drug-likeness (QED) is 0.226. The minimum atomic E-state index is -4.52. The number of nitrogens with one attached hydrogen (secondary N) is 1. The molecule has 0 saturated heterocycles. The molecule has 1 aliphatic rings. The summed E-state index contributed by atoms with van der Waals surface area (Å²) in [6, 6.07) is 22.6. The van der Waals surface area contributed by atoms with Crippen LogP contribution in [-0.2, 0) is 38.7 Å². The lowest BCUT2D eigenvalue weighted by Gasteiger charge is -2.26. The highest BCUT2D eigenvalue weighted by Crippen LogP contribution is 2.38. The molecule has 0 spiro atoms. The van der Waals surface area contributed by atoms with Gasteiger partial charge in [0.25, 0.3) is 10.0 Å². The fourth-order valence-electron chi connectivity index (χ4n) is 5.17. The van der Waals surface area contributed by atoms with Crippen molar-refractivity contribution in [1.82, 2.24) is 5.32 Å². The van der Waals surface area contributed by atoms with Crippen molar-refractivity contribution in [1.29, 1.82) is 0 Å². The molecule has 0 bridgehead atoms. The molecule has 1 aliphatic heterocycles. The van der Waals surface area contributed by atoms with E-state index in [1.54, 1.807) is 69.3 Å². The van der Waals surface area contributed by atoms with Crippen molar-refractivity contribution < 1.29 is 35.9 Å². The van der Waals surface area contributed by atoms with Gasteiger partial charge in [0, 0.05) is 13.0 Å². The third kappa shape index (κ3) is 6.88. The van der Waals surface area contributed by atoms with E-state index >= 15 is 0 Å². The van der Waals surface area contributed by atoms with Crippen molar-refractivity contribution in [3.05, 3.63) is 119 Å². The van der Waals surface area contributed by atoms with E-state index in [1.165, 1.54) is 36.4 Å². The van der Waals surface area contributed by atoms with Crippen LogP contribution in [0.4, 0.5) is 18.9 Å². The van der Waals surface area contributed by atoms with Gasteiger partial charge in [-0.1, -0.05) is 60.7 Å². The first-order valence-electron chi connectivity index (χ1n) is 14.1. The maximum Gasteiger partial charge on any atom is 0.416 e. The highest BCUT2D eigenvalue weighted by molar-refractivity contribution is 7.93. The number of carbonyl (C=O) groups is 2. The van der Waals surface area contributed by atoms with Crippen LogP contribution in [0.3, 0.4) is 0 Å². The van der Waals surface area contributed by atoms with Gasteiger partial charge in [0.2, 0.25) is 5.91 Å². The number of para-hydroxylation sites is 1. The molecule has 0 saturated carbocycles. The average molecular weight is 637 g/mol. The number of ether oxygens (including phenoxy) is 1. The van der Waals surface area contributed by atoms with Crippen molar-refractivity contribution in [2.45, 2.75) is 56.5 Å². The van der Waals surface area contributed by atoms with E-state index < -0.39 is 45.3 Å². The number of rotatable bonds is 7. The number of esters is 1. The van der Waals surface area contributed by atoms with Gasteiger partial charge in [0.15, 0.2) is 0 Å². The number of halogens is 3. The van der Waals surface area contributed by atoms with Gasteiger partial charge >= 0.3 is 12.1 Å². The second kappa shape index (κ2) is 12.0. The number of sulfonamides is 1. The SMILES string of the molecule is CC(C)(C)OC(=O)c1ccccc1CNC(=O)[C@@H]1Cc2ccccc2N1S(=O)(=O)c1ccc(-c2cccc(C(F)(F)F)c2)cc1. The van der Waals surface area contributed by atoms with Crippen LogP contribution in [0.25, 0.3) is 11.1 Å². The number of anilines is 1. The molecule has 5 rings (SSSR count). The zero-order valence-corrected chi connectivity index (χ0v) is 25.6. The zero-order chi connectivity index (χ0) is 32.6. The van der Waals surface area contributed by atoms with Crippen molar-refractivity contribution in [3.8, 4) is 11.1 Å². The lowest BCUT2D eigenvalue weighted by molar-refractivity contribution is -0.137. The molecule has 1 N–H and O–H groups in total. The molecule has 7 nitrogen and oxygen atoms in total. The number of hydrogen-bond acceptors (Lipinski definition) is 5. The van der Waals surface area contributed by atoms with E-state index in [1.807, 2.05) is 0 Å². The molecule has 0 unspecified atom stereocenters. The summed E-state index contributed by atoms with van der Waals surface area (Å²) < 4.78 is 74.3. The van der Waals surface area contributed by atoms with Crippen LogP contribution < -0.4 is 9.62 Å². The first-order chi connectivity index (χ1) is 21.1. The Bertz CT molecular complexity index is 1850. The first-order valence-corrected chi connectivity index (χ1v) is 15.6. The molecular weight excluding hydrogens is 605 g/mol. The molecule has 4 aromatic rings. The van der Waals surface area contributed by atoms with Crippen molar-refractivity contribution in [2.75, 3.05) is 4.31 Å². The van der Waals surface area contributed by atoms with E-state index in [0.717, 1.165) is 16.4 Å². The average Bonchev–Trinajstić information content (AvgIpc) is 3.40. The van der Waals surface area contributed by atoms with Crippen LogP contribution in [0, 0.1) is 0 Å². The summed E-state index contributed by atoms with van der Waals surface area (Å²) in [5, 5.41) is 2.79. The van der Waals surface area contributed by atoms with E-state index in [-0.39, 0.29) is 29.0 Å². The number of amides is 1. The van der Waals surface area contributed by atoms with E-state index in [2.05, 4.69) is 5.32 Å². The predicted octanol–water partition coefficient (Wildman–Crippen LogP) is 6.76. The van der Waals surface area contributed by atoms with Crippen LogP contribution in [0.5, 0.6) is 0 Å². The smallest absolute Gasteiger partial charge is 0.416 e. The Balaban J connectivity index is 1.40. The number of carbonyl (C=O) groups excluding carboxylic acids is 2. The van der Waals surface area contributed by atoms with Gasteiger partial charge in [0.05, 0.1) is 21.7 Å². The number of nitrogens with zero attached hydrogens (tertiary/aromatic N) is 1. The summed E-state index contributed by atoms with van der Waals surface area (Å²) in [5.41, 5.74) is 0.966. The summed E-state index contributed by atoms with van der Waals surface area (Å²) >= 11 is 0. The highest BCUT2D eigenvalue weighted by atomic mass is 32.2. The Hall–Kier alpha value is -4.64. The maximum atomic E-state index is 14.0. The summed E-state index contributed by atoms with van der Waals surface area (Å²) in [6.07, 6.45) is -4.40. The Morgan fingerprint density at radius 2 is 1.53 bits per heavy atom. The lowest BCUT2D eigenvalue weighted by atomic mass is 10.0. The van der Waals surface area contributed by atoms with Gasteiger partial charge < -0.3 is 10.1 Å². The monoisotopic (exact) mass is 636 g/mol. The second-order valence-corrected chi connectivity index (χ2v) is 13.4. The fraction of sp³-hybridized carbons (Fsp3) is 0.235. The molecular formula is C34H31F3N2O5S. The van der Waals surface area contributed by atoms with Crippen molar-refractivity contribution >= 4 is 27.6 Å². The molecule has 0 radical (unpaired) electrons. The van der Waals surface area contributed by atoms with Crippen LogP contribution >= 0.6 is 0 Å². The van der Waals surface area contributed by atoms with E-state index in [0.29, 0.717) is 22.4 Å². The Kier molecular flexibility index (Phi) is 8.50. The Labute approximate surface area is 259 Å². The van der Waals surface area contributed by atoms with Crippen LogP contribution in [0.1, 0.15) is 47.8 Å². The van der Waals surface area contributed by atoms with Gasteiger partial charge in [-0.15, -0.1) is 0 Å². The Morgan fingerprint density at radius 1 is 0.867 bits per heavy atom. The molecule has 1 amide bonds. The van der Waals surface area contributed by atoms with Crippen LogP contribution in [0.2, 0.25) is 0 Å². The summed E-state index contributed by atoms with van der Waals surface area (Å²) in [7, 11) is -4.28. The van der Waals surface area contributed by atoms with Gasteiger partial charge in [-0.25, -0.2) is 13.2 Å². The largest absolute Gasteiger partial charge is 0.456 e. The molecule has 11 heteroatoms. The number of benzene rings is 4. The van der Waals surface area contributed by atoms with E-state index in [9.17, 15) is 31.2 Å². The third-order valence-corrected chi connectivity index (χ3v) is 9.09. The zero-order valence-electron chi connectivity index (χ0n) is 24.8. The van der Waals surface area contributed by atoms with Gasteiger partial charge in [-0.05, 0) is 79.4 Å². The lowest BCUT2D eigenvalue weighted by Crippen LogP contribution is -2.47. The third-order valence-electron chi connectivity index (χ3n) is 7.25. The topological polar surface area (TPSA) is 92.8 Å². The minimum Gasteiger partial charge on any atom is -0.456 e. The number of fused-ring (bicyclic) bond motifs is 1. The van der Waals surface area contributed by atoms with Crippen molar-refractivity contribution in [2.24, 2.45) is 0 Å². The minimum absolute atomic E-state index is 0.0410. The van der Waals surface area contributed by atoms with Gasteiger partial charge in [-0.2, -0.15) is 13.2 Å². The molecule has 0 aromatic heterocycles. The number of hydrogen-bond donors (Lipinski definition) is 1. The highest BCUT2D eigenvalue weighted by Gasteiger charge is 2.42. The summed E-state index contributed by atoms with van der Waals surface area (Å²) in [6.45, 7) is 5.21. The molecule has 0 fully saturated rings. The fourth-order valence-corrected chi connectivity index (χ4v) is 6.82. The van der Waals surface area contributed by atoms with Crippen LogP contribution in [0.15, 0.2) is 102 Å². The maximum absolute atomic E-state index is 14.0. The summed E-state index contributed by atoms with van der Waals surface area (Å²) in [4.78, 5) is 26.3. The molecule has 0 aliphatic carbocycles. The second-order valence-electron chi connectivity index (χ2n) is 11.6. The number of alkyl halides is 3. The predicted molar refractivity (Wildman–Crippen MR) is 164 cm³/mol. The van der Waals surface area contributed by atoms with Gasteiger partial charge in [-0.3, -0.25) is 9.10 Å². The molecule has 45 heavy (non-hydrogen) atoms. The van der Waals surface area contributed by atoms with Crippen molar-refractivity contribution in [3.63, 3.8) is 0 Å². The van der Waals surface area contributed by atoms with Gasteiger partial charge in [0.1, 0.15) is 11.6 Å². The summed E-state index contributed by atoms with van der Waals surface area (Å²) in [5.74, 6) is -1.10. The molecule has 1 atom stereocenters. The molecule has 234 valence electrons. The molecule has 4 aromatic carbocycles. The Morgan fingerprint density at radius 3 is 2.22 bits per heavy atom. The van der Waals surface area contributed by atoms with Crippen LogP contribution in [-0.4, -0.2) is 31.9 Å². The first kappa shape index (κ1) is 31.8. The standard InChI is InChI=1S/C34H31F3N2O5S/c1-33(2,3)44-32(41)28-13-6-4-10-25(28)21-38-31(40)30-20-24-9-5-7-14-29(24)39(30)45(42,43)27-17-15-22(16-18-27)23-11-8-12-26(19-23)34(35,36)37/h4-19,30H,20-21H2,1-3H3,(H,38,40)/t30-/m0/s1.